The Morgan fingerprint density at radius 2 is 1.58 bits per heavy atom. The third-order valence-corrected chi connectivity index (χ3v) is 5.17. The number of nitrogens with one attached hydrogen (secondary N) is 1. The highest BCUT2D eigenvalue weighted by Gasteiger charge is 2.26. The fourth-order valence-electron chi connectivity index (χ4n) is 3.09. The lowest BCUT2D eigenvalue weighted by atomic mass is 10.1. The van der Waals surface area contributed by atoms with Gasteiger partial charge in [-0.2, -0.15) is 0 Å². The molecule has 1 atom stereocenters. The van der Waals surface area contributed by atoms with Crippen LogP contribution in [0, 0.1) is 5.92 Å². The molecule has 0 saturated heterocycles. The van der Waals surface area contributed by atoms with Crippen molar-refractivity contribution in [3.8, 4) is 11.5 Å². The molecule has 168 valence electrons. The van der Waals surface area contributed by atoms with Crippen molar-refractivity contribution in [1.29, 1.82) is 0 Å². The molecule has 0 radical (unpaired) electrons. The van der Waals surface area contributed by atoms with Gasteiger partial charge in [-0.3, -0.25) is 9.59 Å². The summed E-state index contributed by atoms with van der Waals surface area (Å²) in [5, 5.41) is 3.54. The second-order valence-electron chi connectivity index (χ2n) is 7.83. The molecular weight excluding hydrogens is 416 g/mol. The third-order valence-electron chi connectivity index (χ3n) is 4.92. The lowest BCUT2D eigenvalue weighted by molar-refractivity contribution is -0.140. The Balaban J connectivity index is 2.24. The zero-order chi connectivity index (χ0) is 23.0. The largest absolute Gasteiger partial charge is 0.493 e. The SMILES string of the molecule is COc1ccc(CC(=O)N(Cc2ccc(Cl)cc2)C(C)C(=O)NCC(C)C)cc1OC. The van der Waals surface area contributed by atoms with Gasteiger partial charge in [0.25, 0.3) is 0 Å². The van der Waals surface area contributed by atoms with E-state index in [2.05, 4.69) is 5.32 Å². The number of methoxy groups -OCH3 is 2. The van der Waals surface area contributed by atoms with Crippen molar-refractivity contribution >= 4 is 23.4 Å². The van der Waals surface area contributed by atoms with Crippen LogP contribution in [0.5, 0.6) is 11.5 Å². The third kappa shape index (κ3) is 7.17. The molecule has 0 bridgehead atoms. The summed E-state index contributed by atoms with van der Waals surface area (Å²) in [6, 6.07) is 12.0. The number of rotatable bonds is 10. The lowest BCUT2D eigenvalue weighted by Gasteiger charge is -2.29. The maximum atomic E-state index is 13.3. The van der Waals surface area contributed by atoms with Gasteiger partial charge in [-0.25, -0.2) is 0 Å². The van der Waals surface area contributed by atoms with Gasteiger partial charge in [-0.1, -0.05) is 43.6 Å². The fourth-order valence-corrected chi connectivity index (χ4v) is 3.21. The van der Waals surface area contributed by atoms with Crippen LogP contribution in [0.1, 0.15) is 31.9 Å². The summed E-state index contributed by atoms with van der Waals surface area (Å²) in [5.74, 6) is 1.14. The van der Waals surface area contributed by atoms with Crippen molar-refractivity contribution in [1.82, 2.24) is 10.2 Å². The van der Waals surface area contributed by atoms with Crippen LogP contribution in [0.15, 0.2) is 42.5 Å². The molecule has 2 rings (SSSR count). The van der Waals surface area contributed by atoms with Gasteiger partial charge < -0.3 is 19.7 Å². The van der Waals surface area contributed by atoms with Crippen LogP contribution in [0.25, 0.3) is 0 Å². The molecule has 0 aliphatic carbocycles. The Morgan fingerprint density at radius 1 is 0.968 bits per heavy atom. The number of amides is 2. The molecule has 7 heteroatoms. The zero-order valence-corrected chi connectivity index (χ0v) is 19.5. The quantitative estimate of drug-likeness (QED) is 0.596. The smallest absolute Gasteiger partial charge is 0.242 e. The molecule has 0 fully saturated rings. The van der Waals surface area contributed by atoms with Crippen LogP contribution in [-0.2, 0) is 22.6 Å². The van der Waals surface area contributed by atoms with E-state index < -0.39 is 6.04 Å². The molecule has 0 aliphatic rings. The van der Waals surface area contributed by atoms with Crippen molar-refractivity contribution in [2.45, 2.75) is 39.8 Å². The Labute approximate surface area is 189 Å². The van der Waals surface area contributed by atoms with Crippen LogP contribution in [-0.4, -0.2) is 43.5 Å². The molecule has 2 aromatic carbocycles. The lowest BCUT2D eigenvalue weighted by Crippen LogP contribution is -2.48. The summed E-state index contributed by atoms with van der Waals surface area (Å²) >= 11 is 5.99. The number of hydrogen-bond acceptors (Lipinski definition) is 4. The zero-order valence-electron chi connectivity index (χ0n) is 18.8. The van der Waals surface area contributed by atoms with E-state index in [9.17, 15) is 9.59 Å². The Morgan fingerprint density at radius 3 is 2.16 bits per heavy atom. The first kappa shape index (κ1) is 24.5. The maximum absolute atomic E-state index is 13.3. The molecular formula is C24H31ClN2O4. The molecule has 0 spiro atoms. The van der Waals surface area contributed by atoms with E-state index in [1.807, 2.05) is 32.0 Å². The van der Waals surface area contributed by atoms with E-state index in [1.54, 1.807) is 50.3 Å². The minimum Gasteiger partial charge on any atom is -0.493 e. The molecule has 0 aliphatic heterocycles. The monoisotopic (exact) mass is 446 g/mol. The normalized spacial score (nSPS) is 11.7. The van der Waals surface area contributed by atoms with Gasteiger partial charge in [0.05, 0.1) is 20.6 Å². The van der Waals surface area contributed by atoms with Gasteiger partial charge >= 0.3 is 0 Å². The molecule has 1 N–H and O–H groups in total. The van der Waals surface area contributed by atoms with E-state index in [0.717, 1.165) is 11.1 Å². The predicted molar refractivity (Wildman–Crippen MR) is 123 cm³/mol. The average Bonchev–Trinajstić information content (AvgIpc) is 2.76. The molecule has 2 aromatic rings. The first-order chi connectivity index (χ1) is 14.7. The Hall–Kier alpha value is -2.73. The second-order valence-corrected chi connectivity index (χ2v) is 8.27. The second kappa shape index (κ2) is 11.6. The summed E-state index contributed by atoms with van der Waals surface area (Å²) in [7, 11) is 3.12. The first-order valence-electron chi connectivity index (χ1n) is 10.3. The highest BCUT2D eigenvalue weighted by Crippen LogP contribution is 2.28. The number of benzene rings is 2. The first-order valence-corrected chi connectivity index (χ1v) is 10.7. The standard InChI is InChI=1S/C24H31ClN2O4/c1-16(2)14-26-24(29)17(3)27(15-18-6-9-20(25)10-7-18)23(28)13-19-8-11-21(30-4)22(12-19)31-5/h6-12,16-17H,13-15H2,1-5H3,(H,26,29). The number of carbonyl (C=O) groups is 2. The van der Waals surface area contributed by atoms with Crippen LogP contribution >= 0.6 is 11.6 Å². The maximum Gasteiger partial charge on any atom is 0.242 e. The van der Waals surface area contributed by atoms with E-state index in [-0.39, 0.29) is 18.2 Å². The number of ether oxygens (including phenoxy) is 2. The van der Waals surface area contributed by atoms with Crippen molar-refractivity contribution < 1.29 is 19.1 Å². The molecule has 2 amide bonds. The van der Waals surface area contributed by atoms with E-state index in [1.165, 1.54) is 0 Å². The minimum absolute atomic E-state index is 0.135. The summed E-state index contributed by atoms with van der Waals surface area (Å²) in [5.41, 5.74) is 1.67. The van der Waals surface area contributed by atoms with Gasteiger partial charge in [0.2, 0.25) is 11.8 Å². The van der Waals surface area contributed by atoms with Gasteiger partial charge in [0.15, 0.2) is 11.5 Å². The minimum atomic E-state index is -0.623. The molecule has 6 nitrogen and oxygen atoms in total. The van der Waals surface area contributed by atoms with E-state index >= 15 is 0 Å². The predicted octanol–water partition coefficient (Wildman–Crippen LogP) is 4.09. The Kier molecular flexibility index (Phi) is 9.19. The fraction of sp³-hybridized carbons (Fsp3) is 0.417. The number of nitrogens with zero attached hydrogens (tertiary/aromatic N) is 1. The summed E-state index contributed by atoms with van der Waals surface area (Å²) < 4.78 is 10.6. The molecule has 0 saturated carbocycles. The highest BCUT2D eigenvalue weighted by molar-refractivity contribution is 6.30. The van der Waals surface area contributed by atoms with Gasteiger partial charge in [-0.15, -0.1) is 0 Å². The van der Waals surface area contributed by atoms with Crippen LogP contribution in [0.2, 0.25) is 5.02 Å². The van der Waals surface area contributed by atoms with Gasteiger partial charge in [0.1, 0.15) is 6.04 Å². The number of hydrogen-bond donors (Lipinski definition) is 1. The summed E-state index contributed by atoms with van der Waals surface area (Å²) in [6.07, 6.45) is 0.135. The average molecular weight is 447 g/mol. The molecule has 1 unspecified atom stereocenters. The van der Waals surface area contributed by atoms with Crippen LogP contribution in [0.4, 0.5) is 0 Å². The number of carbonyl (C=O) groups excluding carboxylic acids is 2. The molecule has 0 aromatic heterocycles. The van der Waals surface area contributed by atoms with Crippen molar-refractivity contribution in [3.63, 3.8) is 0 Å². The van der Waals surface area contributed by atoms with Crippen molar-refractivity contribution in [2.24, 2.45) is 5.92 Å². The van der Waals surface area contributed by atoms with Gasteiger partial charge in [-0.05, 0) is 48.2 Å². The van der Waals surface area contributed by atoms with Crippen molar-refractivity contribution in [3.05, 3.63) is 58.6 Å². The summed E-state index contributed by atoms with van der Waals surface area (Å²) in [6.45, 7) is 6.66. The number of halogens is 1. The van der Waals surface area contributed by atoms with Crippen LogP contribution < -0.4 is 14.8 Å². The van der Waals surface area contributed by atoms with Crippen LogP contribution in [0.3, 0.4) is 0 Å². The molecule has 31 heavy (non-hydrogen) atoms. The highest BCUT2D eigenvalue weighted by atomic mass is 35.5. The molecule has 0 heterocycles. The van der Waals surface area contributed by atoms with Gasteiger partial charge in [0, 0.05) is 18.1 Å². The van der Waals surface area contributed by atoms with Crippen molar-refractivity contribution in [2.75, 3.05) is 20.8 Å². The van der Waals surface area contributed by atoms with E-state index in [4.69, 9.17) is 21.1 Å². The topological polar surface area (TPSA) is 67.9 Å². The summed E-state index contributed by atoms with van der Waals surface area (Å²) in [4.78, 5) is 27.6. The Bertz CT molecular complexity index is 884. The van der Waals surface area contributed by atoms with E-state index in [0.29, 0.717) is 35.5 Å².